The standard InChI is InChI=1S/C15H25NO/c1-14(2,3)17-13-8-6-12(7-9-13)10-15(4,5)11-16/h6-9H,10-11,16H2,1-5H3. The summed E-state index contributed by atoms with van der Waals surface area (Å²) in [5, 5.41) is 0. The van der Waals surface area contributed by atoms with Crippen molar-refractivity contribution in [1.82, 2.24) is 0 Å². The van der Waals surface area contributed by atoms with Gasteiger partial charge in [0.2, 0.25) is 0 Å². The van der Waals surface area contributed by atoms with Crippen LogP contribution in [0, 0.1) is 5.41 Å². The van der Waals surface area contributed by atoms with E-state index in [0.717, 1.165) is 12.2 Å². The van der Waals surface area contributed by atoms with Crippen LogP contribution in [0.1, 0.15) is 40.2 Å². The molecule has 0 unspecified atom stereocenters. The van der Waals surface area contributed by atoms with Gasteiger partial charge in [-0.1, -0.05) is 26.0 Å². The molecule has 0 spiro atoms. The van der Waals surface area contributed by atoms with E-state index in [1.807, 2.05) is 12.1 Å². The van der Waals surface area contributed by atoms with Crippen molar-refractivity contribution in [1.29, 1.82) is 0 Å². The zero-order valence-electron chi connectivity index (χ0n) is 11.7. The van der Waals surface area contributed by atoms with Crippen molar-refractivity contribution in [2.75, 3.05) is 6.54 Å². The Morgan fingerprint density at radius 1 is 1.00 bits per heavy atom. The summed E-state index contributed by atoms with van der Waals surface area (Å²) in [5.41, 5.74) is 7.07. The number of rotatable bonds is 4. The Morgan fingerprint density at radius 3 is 1.94 bits per heavy atom. The minimum atomic E-state index is -0.141. The third-order valence-electron chi connectivity index (χ3n) is 2.58. The summed E-state index contributed by atoms with van der Waals surface area (Å²) in [6.45, 7) is 11.2. The van der Waals surface area contributed by atoms with Gasteiger partial charge in [0, 0.05) is 0 Å². The van der Waals surface area contributed by atoms with Crippen LogP contribution < -0.4 is 10.5 Å². The Bertz CT molecular complexity index is 346. The van der Waals surface area contributed by atoms with Crippen molar-refractivity contribution in [2.45, 2.75) is 46.6 Å². The first-order chi connectivity index (χ1) is 7.72. The Balaban J connectivity index is 2.69. The van der Waals surface area contributed by atoms with Gasteiger partial charge in [0.05, 0.1) is 0 Å². The molecule has 0 saturated carbocycles. The third-order valence-corrected chi connectivity index (χ3v) is 2.58. The van der Waals surface area contributed by atoms with Crippen molar-refractivity contribution >= 4 is 0 Å². The molecule has 0 aliphatic rings. The second kappa shape index (κ2) is 5.09. The quantitative estimate of drug-likeness (QED) is 0.868. The molecule has 2 nitrogen and oxygen atoms in total. The highest BCUT2D eigenvalue weighted by Gasteiger charge is 2.16. The molecule has 0 atom stereocenters. The minimum Gasteiger partial charge on any atom is -0.488 e. The Labute approximate surface area is 105 Å². The van der Waals surface area contributed by atoms with Gasteiger partial charge in [-0.2, -0.15) is 0 Å². The molecule has 0 aliphatic carbocycles. The molecule has 2 heteroatoms. The summed E-state index contributed by atoms with van der Waals surface area (Å²) in [7, 11) is 0. The lowest BCUT2D eigenvalue weighted by atomic mass is 9.86. The van der Waals surface area contributed by atoms with E-state index in [4.69, 9.17) is 10.5 Å². The molecule has 2 N–H and O–H groups in total. The molecule has 96 valence electrons. The highest BCUT2D eigenvalue weighted by atomic mass is 16.5. The maximum absolute atomic E-state index is 5.79. The molecule has 0 aromatic heterocycles. The number of nitrogens with two attached hydrogens (primary N) is 1. The van der Waals surface area contributed by atoms with Gasteiger partial charge in [-0.15, -0.1) is 0 Å². The van der Waals surface area contributed by atoms with Crippen molar-refractivity contribution < 1.29 is 4.74 Å². The summed E-state index contributed by atoms with van der Waals surface area (Å²) in [6.07, 6.45) is 0.999. The summed E-state index contributed by atoms with van der Waals surface area (Å²) in [4.78, 5) is 0. The molecule has 0 bridgehead atoms. The maximum atomic E-state index is 5.79. The van der Waals surface area contributed by atoms with Crippen molar-refractivity contribution in [3.05, 3.63) is 29.8 Å². The first-order valence-electron chi connectivity index (χ1n) is 6.20. The van der Waals surface area contributed by atoms with Crippen LogP contribution >= 0.6 is 0 Å². The van der Waals surface area contributed by atoms with E-state index in [2.05, 4.69) is 46.8 Å². The van der Waals surface area contributed by atoms with Gasteiger partial charge >= 0.3 is 0 Å². The number of hydrogen-bond acceptors (Lipinski definition) is 2. The number of hydrogen-bond donors (Lipinski definition) is 1. The molecular formula is C15H25NO. The molecule has 0 heterocycles. The topological polar surface area (TPSA) is 35.2 Å². The van der Waals surface area contributed by atoms with Crippen LogP contribution in [-0.2, 0) is 6.42 Å². The fourth-order valence-electron chi connectivity index (χ4n) is 1.65. The number of ether oxygens (including phenoxy) is 1. The van der Waals surface area contributed by atoms with Crippen LogP contribution in [0.15, 0.2) is 24.3 Å². The fourth-order valence-corrected chi connectivity index (χ4v) is 1.65. The number of benzene rings is 1. The maximum Gasteiger partial charge on any atom is 0.120 e. The van der Waals surface area contributed by atoms with Crippen LogP contribution in [0.25, 0.3) is 0 Å². The third kappa shape index (κ3) is 5.22. The van der Waals surface area contributed by atoms with Crippen LogP contribution in [0.4, 0.5) is 0 Å². The zero-order valence-corrected chi connectivity index (χ0v) is 11.7. The lowest BCUT2D eigenvalue weighted by Crippen LogP contribution is -2.26. The summed E-state index contributed by atoms with van der Waals surface area (Å²) in [5.74, 6) is 0.923. The SMILES string of the molecule is CC(C)(CN)Cc1ccc(OC(C)(C)C)cc1. The lowest BCUT2D eigenvalue weighted by Gasteiger charge is -2.23. The fraction of sp³-hybridized carbons (Fsp3) is 0.600. The lowest BCUT2D eigenvalue weighted by molar-refractivity contribution is 0.131. The first kappa shape index (κ1) is 14.0. The van der Waals surface area contributed by atoms with E-state index in [0.29, 0.717) is 6.54 Å². The molecular weight excluding hydrogens is 210 g/mol. The highest BCUT2D eigenvalue weighted by molar-refractivity contribution is 5.28. The average Bonchev–Trinajstić information content (AvgIpc) is 2.19. The summed E-state index contributed by atoms with van der Waals surface area (Å²) in [6, 6.07) is 8.32. The molecule has 1 aromatic rings. The van der Waals surface area contributed by atoms with E-state index in [1.54, 1.807) is 0 Å². The summed E-state index contributed by atoms with van der Waals surface area (Å²) >= 11 is 0. The van der Waals surface area contributed by atoms with Gasteiger partial charge in [-0.05, 0) is 56.8 Å². The Kier molecular flexibility index (Phi) is 4.21. The van der Waals surface area contributed by atoms with Crippen LogP contribution in [0.2, 0.25) is 0 Å². The van der Waals surface area contributed by atoms with Gasteiger partial charge in [-0.25, -0.2) is 0 Å². The molecule has 1 rings (SSSR count). The largest absolute Gasteiger partial charge is 0.488 e. The van der Waals surface area contributed by atoms with Gasteiger partial charge in [-0.3, -0.25) is 0 Å². The normalized spacial score (nSPS) is 12.6. The van der Waals surface area contributed by atoms with Crippen LogP contribution in [0.5, 0.6) is 5.75 Å². The van der Waals surface area contributed by atoms with E-state index < -0.39 is 0 Å². The molecule has 0 aliphatic heterocycles. The second-order valence-corrected chi connectivity index (χ2v) is 6.40. The van der Waals surface area contributed by atoms with Crippen LogP contribution in [-0.4, -0.2) is 12.1 Å². The van der Waals surface area contributed by atoms with Crippen molar-refractivity contribution in [3.8, 4) is 5.75 Å². The molecule has 0 fully saturated rings. The van der Waals surface area contributed by atoms with Gasteiger partial charge in [0.15, 0.2) is 0 Å². The predicted octanol–water partition coefficient (Wildman–Crippen LogP) is 3.39. The van der Waals surface area contributed by atoms with E-state index in [-0.39, 0.29) is 11.0 Å². The van der Waals surface area contributed by atoms with Crippen LogP contribution in [0.3, 0.4) is 0 Å². The molecule has 0 saturated heterocycles. The Hall–Kier alpha value is -1.02. The Morgan fingerprint density at radius 2 is 1.53 bits per heavy atom. The molecule has 0 radical (unpaired) electrons. The smallest absolute Gasteiger partial charge is 0.120 e. The zero-order chi connectivity index (χ0) is 13.1. The molecule has 17 heavy (non-hydrogen) atoms. The van der Waals surface area contributed by atoms with E-state index >= 15 is 0 Å². The molecule has 1 aromatic carbocycles. The predicted molar refractivity (Wildman–Crippen MR) is 73.4 cm³/mol. The van der Waals surface area contributed by atoms with E-state index in [1.165, 1.54) is 5.56 Å². The minimum absolute atomic E-state index is 0.141. The van der Waals surface area contributed by atoms with E-state index in [9.17, 15) is 0 Å². The van der Waals surface area contributed by atoms with Crippen molar-refractivity contribution in [2.24, 2.45) is 11.1 Å². The second-order valence-electron chi connectivity index (χ2n) is 6.40. The van der Waals surface area contributed by atoms with Gasteiger partial charge in [0.1, 0.15) is 11.4 Å². The highest BCUT2D eigenvalue weighted by Crippen LogP contribution is 2.23. The van der Waals surface area contributed by atoms with Gasteiger partial charge in [0.25, 0.3) is 0 Å². The van der Waals surface area contributed by atoms with Gasteiger partial charge < -0.3 is 10.5 Å². The van der Waals surface area contributed by atoms with Crippen molar-refractivity contribution in [3.63, 3.8) is 0 Å². The summed E-state index contributed by atoms with van der Waals surface area (Å²) < 4.78 is 5.79. The molecule has 0 amide bonds. The first-order valence-corrected chi connectivity index (χ1v) is 6.20. The monoisotopic (exact) mass is 235 g/mol. The average molecular weight is 235 g/mol.